The van der Waals surface area contributed by atoms with Gasteiger partial charge >= 0.3 is 12.4 Å². The Hall–Kier alpha value is -4.24. The minimum absolute atomic E-state index is 0.00784. The minimum Gasteiger partial charge on any atom is -0.368 e. The van der Waals surface area contributed by atoms with E-state index in [2.05, 4.69) is 20.2 Å². The van der Waals surface area contributed by atoms with Crippen LogP contribution in [0.4, 0.5) is 38.0 Å². The lowest BCUT2D eigenvalue weighted by Crippen LogP contribution is -2.11. The van der Waals surface area contributed by atoms with E-state index >= 15 is 0 Å². The standard InChI is InChI=1S/C17H10F6N8O2/c18-16(19,20)9-4-25-30(7-9)14-10-5-26-29(13(10)27-15(24)28-14)6-8-1-2-12(31(32)33)11(3-8)17(21,22)23/h1-5,7H,6H2,(H2,24,27,28). The van der Waals surface area contributed by atoms with E-state index < -0.39 is 34.1 Å². The topological polar surface area (TPSA) is 131 Å². The molecule has 0 fully saturated rings. The number of nitro groups is 1. The molecule has 2 N–H and O–H groups in total. The number of rotatable bonds is 4. The quantitative estimate of drug-likeness (QED) is 0.273. The Kier molecular flexibility index (Phi) is 4.94. The second-order valence-electron chi connectivity index (χ2n) is 6.72. The molecule has 10 nitrogen and oxygen atoms in total. The van der Waals surface area contributed by atoms with Crippen molar-refractivity contribution in [2.24, 2.45) is 0 Å². The van der Waals surface area contributed by atoms with Crippen LogP contribution in [0.3, 0.4) is 0 Å². The van der Waals surface area contributed by atoms with Gasteiger partial charge in [-0.15, -0.1) is 0 Å². The van der Waals surface area contributed by atoms with Gasteiger partial charge in [-0.1, -0.05) is 6.07 Å². The average Bonchev–Trinajstić information content (AvgIpc) is 3.34. The van der Waals surface area contributed by atoms with Crippen molar-refractivity contribution < 1.29 is 31.3 Å². The van der Waals surface area contributed by atoms with Crippen molar-refractivity contribution in [2.45, 2.75) is 18.9 Å². The molecule has 3 aromatic heterocycles. The third kappa shape index (κ3) is 4.13. The molecule has 0 saturated heterocycles. The van der Waals surface area contributed by atoms with Crippen molar-refractivity contribution in [2.75, 3.05) is 5.73 Å². The third-order valence-corrected chi connectivity index (χ3v) is 4.52. The zero-order chi connectivity index (χ0) is 24.1. The molecule has 4 rings (SSSR count). The molecule has 0 aliphatic heterocycles. The summed E-state index contributed by atoms with van der Waals surface area (Å²) < 4.78 is 80.4. The van der Waals surface area contributed by atoms with E-state index in [1.165, 1.54) is 6.20 Å². The normalized spacial score (nSPS) is 12.4. The Balaban J connectivity index is 1.77. The lowest BCUT2D eigenvalue weighted by molar-refractivity contribution is -0.388. The molecule has 0 spiro atoms. The molecule has 0 aliphatic carbocycles. The molecule has 0 unspecified atom stereocenters. The minimum atomic E-state index is -4.97. The van der Waals surface area contributed by atoms with Crippen molar-refractivity contribution in [1.29, 1.82) is 0 Å². The van der Waals surface area contributed by atoms with E-state index in [0.29, 0.717) is 18.5 Å². The Bertz CT molecular complexity index is 1370. The van der Waals surface area contributed by atoms with Crippen molar-refractivity contribution in [3.8, 4) is 5.82 Å². The highest BCUT2D eigenvalue weighted by Crippen LogP contribution is 2.37. The molecule has 0 radical (unpaired) electrons. The fourth-order valence-electron chi connectivity index (χ4n) is 3.07. The summed E-state index contributed by atoms with van der Waals surface area (Å²) >= 11 is 0. The van der Waals surface area contributed by atoms with E-state index in [9.17, 15) is 36.5 Å². The number of nitrogen functional groups attached to an aromatic ring is 1. The lowest BCUT2D eigenvalue weighted by Gasteiger charge is -2.10. The predicted molar refractivity (Wildman–Crippen MR) is 99.1 cm³/mol. The molecule has 0 saturated carbocycles. The molecular formula is C17H10F6N8O2. The van der Waals surface area contributed by atoms with E-state index in [1.54, 1.807) is 0 Å². The van der Waals surface area contributed by atoms with Crippen LogP contribution in [0.1, 0.15) is 16.7 Å². The molecule has 4 aromatic rings. The van der Waals surface area contributed by atoms with Crippen LogP contribution in [0.25, 0.3) is 16.9 Å². The van der Waals surface area contributed by atoms with Gasteiger partial charge in [0, 0.05) is 12.3 Å². The number of nitrogens with two attached hydrogens (primary N) is 1. The predicted octanol–water partition coefficient (Wildman–Crippen LogP) is 3.59. The summed E-state index contributed by atoms with van der Waals surface area (Å²) in [5, 5.41) is 18.7. The highest BCUT2D eigenvalue weighted by molar-refractivity contribution is 5.83. The highest BCUT2D eigenvalue weighted by atomic mass is 19.4. The first-order valence-electron chi connectivity index (χ1n) is 8.80. The van der Waals surface area contributed by atoms with E-state index in [-0.39, 0.29) is 34.9 Å². The number of aromatic nitrogens is 6. The molecule has 0 atom stereocenters. The average molecular weight is 472 g/mol. The smallest absolute Gasteiger partial charge is 0.368 e. The number of nitro benzene ring substituents is 1. The van der Waals surface area contributed by atoms with Gasteiger partial charge in [0.25, 0.3) is 5.69 Å². The number of fused-ring (bicyclic) bond motifs is 1. The highest BCUT2D eigenvalue weighted by Gasteiger charge is 2.38. The van der Waals surface area contributed by atoms with E-state index in [1.807, 2.05) is 0 Å². The molecule has 16 heteroatoms. The molecule has 172 valence electrons. The number of hydrogen-bond acceptors (Lipinski definition) is 7. The summed E-state index contributed by atoms with van der Waals surface area (Å²) in [5.74, 6) is -0.470. The van der Waals surface area contributed by atoms with E-state index in [0.717, 1.165) is 21.5 Å². The van der Waals surface area contributed by atoms with Crippen LogP contribution in [0.15, 0.2) is 36.8 Å². The van der Waals surface area contributed by atoms with Crippen LogP contribution in [0, 0.1) is 10.1 Å². The van der Waals surface area contributed by atoms with Gasteiger partial charge in [0.15, 0.2) is 11.5 Å². The maximum Gasteiger partial charge on any atom is 0.423 e. The van der Waals surface area contributed by atoms with Gasteiger partial charge in [-0.25, -0.2) is 9.36 Å². The van der Waals surface area contributed by atoms with Crippen LogP contribution >= 0.6 is 0 Å². The second-order valence-corrected chi connectivity index (χ2v) is 6.72. The maximum absolute atomic E-state index is 13.2. The summed E-state index contributed by atoms with van der Waals surface area (Å²) in [7, 11) is 0. The van der Waals surface area contributed by atoms with Gasteiger partial charge in [0.2, 0.25) is 5.95 Å². The van der Waals surface area contributed by atoms with Gasteiger partial charge < -0.3 is 5.73 Å². The zero-order valence-electron chi connectivity index (χ0n) is 16.0. The largest absolute Gasteiger partial charge is 0.423 e. The van der Waals surface area contributed by atoms with Gasteiger partial charge in [0.05, 0.1) is 34.8 Å². The third-order valence-electron chi connectivity index (χ3n) is 4.52. The fourth-order valence-corrected chi connectivity index (χ4v) is 3.07. The monoisotopic (exact) mass is 472 g/mol. The SMILES string of the molecule is Nc1nc(-n2cc(C(F)(F)F)cn2)c2cnn(Cc3ccc([N+](=O)[O-])c(C(F)(F)F)c3)c2n1. The number of nitrogens with zero attached hydrogens (tertiary/aromatic N) is 7. The Morgan fingerprint density at radius 1 is 1.03 bits per heavy atom. The number of benzene rings is 1. The molecule has 0 bridgehead atoms. The van der Waals surface area contributed by atoms with Crippen LogP contribution in [0.5, 0.6) is 0 Å². The fraction of sp³-hybridized carbons (Fsp3) is 0.176. The second kappa shape index (κ2) is 7.42. The maximum atomic E-state index is 13.2. The number of alkyl halides is 6. The summed E-state index contributed by atoms with van der Waals surface area (Å²) in [5.41, 5.74) is 2.10. The van der Waals surface area contributed by atoms with E-state index in [4.69, 9.17) is 5.73 Å². The Morgan fingerprint density at radius 3 is 2.36 bits per heavy atom. The summed E-state index contributed by atoms with van der Waals surface area (Å²) in [4.78, 5) is 17.6. The molecular weight excluding hydrogens is 462 g/mol. The van der Waals surface area contributed by atoms with Gasteiger partial charge in [-0.05, 0) is 11.6 Å². The first kappa shape index (κ1) is 22.0. The van der Waals surface area contributed by atoms with Crippen LogP contribution in [-0.2, 0) is 18.9 Å². The molecule has 1 aromatic carbocycles. The van der Waals surface area contributed by atoms with Crippen molar-refractivity contribution in [1.82, 2.24) is 29.5 Å². The first-order chi connectivity index (χ1) is 15.3. The number of halogens is 6. The molecule has 0 aliphatic rings. The number of hydrogen-bond donors (Lipinski definition) is 1. The van der Waals surface area contributed by atoms with Gasteiger partial charge in [-0.3, -0.25) is 10.1 Å². The summed E-state index contributed by atoms with van der Waals surface area (Å²) in [6.07, 6.45) is -7.16. The van der Waals surface area contributed by atoms with Crippen LogP contribution in [-0.4, -0.2) is 34.5 Å². The summed E-state index contributed by atoms with van der Waals surface area (Å²) in [6.45, 7) is -0.298. The van der Waals surface area contributed by atoms with Crippen LogP contribution < -0.4 is 5.73 Å². The van der Waals surface area contributed by atoms with Crippen molar-refractivity contribution >= 4 is 22.7 Å². The van der Waals surface area contributed by atoms with Gasteiger partial charge in [0.1, 0.15) is 5.56 Å². The zero-order valence-corrected chi connectivity index (χ0v) is 16.0. The van der Waals surface area contributed by atoms with Gasteiger partial charge in [-0.2, -0.15) is 46.5 Å². The molecule has 33 heavy (non-hydrogen) atoms. The van der Waals surface area contributed by atoms with Crippen LogP contribution in [0.2, 0.25) is 0 Å². The Morgan fingerprint density at radius 2 is 1.76 bits per heavy atom. The molecule has 0 amide bonds. The Labute approximate surface area is 178 Å². The van der Waals surface area contributed by atoms with Crippen molar-refractivity contribution in [3.63, 3.8) is 0 Å². The molecule has 3 heterocycles. The summed E-state index contributed by atoms with van der Waals surface area (Å²) in [6, 6.07) is 2.46. The van der Waals surface area contributed by atoms with Crippen molar-refractivity contribution in [3.05, 3.63) is 63.6 Å². The lowest BCUT2D eigenvalue weighted by atomic mass is 10.1. The first-order valence-corrected chi connectivity index (χ1v) is 8.80. The number of anilines is 1.